The Labute approximate surface area is 207 Å². The molecule has 0 heterocycles. The molecule has 168 valence electrons. The lowest BCUT2D eigenvalue weighted by Gasteiger charge is -2.45. The standard InChI is InChI=1S/C35H28/c1-23-13-12-22-32-33(23)26-16-6-9-19-29(26)35(32)30-20-10-7-17-27(30)34(28-18-8-11-21-31(28)35)24(2)25-14-4-3-5-15-25/h3-22,24,34H,1-2H3. The summed E-state index contributed by atoms with van der Waals surface area (Å²) in [5, 5.41) is 0. The van der Waals surface area contributed by atoms with Crippen LogP contribution in [0, 0.1) is 6.92 Å². The monoisotopic (exact) mass is 448 g/mol. The minimum Gasteiger partial charge on any atom is -0.0622 e. The lowest BCUT2D eigenvalue weighted by molar-refractivity contribution is 0.593. The van der Waals surface area contributed by atoms with Gasteiger partial charge >= 0.3 is 0 Å². The maximum atomic E-state index is 2.40. The highest BCUT2D eigenvalue weighted by Crippen LogP contribution is 2.62. The van der Waals surface area contributed by atoms with E-state index in [1.165, 1.54) is 55.6 Å². The third-order valence-corrected chi connectivity index (χ3v) is 8.50. The van der Waals surface area contributed by atoms with E-state index in [-0.39, 0.29) is 5.41 Å². The second-order valence-electron chi connectivity index (χ2n) is 10.1. The van der Waals surface area contributed by atoms with Gasteiger partial charge in [0.2, 0.25) is 0 Å². The van der Waals surface area contributed by atoms with Crippen LogP contribution in [0.15, 0.2) is 121 Å². The molecule has 0 saturated carbocycles. The average Bonchev–Trinajstić information content (AvgIpc) is 3.21. The van der Waals surface area contributed by atoms with Crippen molar-refractivity contribution in [3.63, 3.8) is 0 Å². The second kappa shape index (κ2) is 7.55. The molecule has 0 aromatic heterocycles. The van der Waals surface area contributed by atoms with Crippen LogP contribution in [-0.2, 0) is 5.41 Å². The summed E-state index contributed by atoms with van der Waals surface area (Å²) < 4.78 is 0. The number of hydrogen-bond donors (Lipinski definition) is 0. The highest BCUT2D eigenvalue weighted by atomic mass is 14.5. The minimum absolute atomic E-state index is 0.294. The van der Waals surface area contributed by atoms with E-state index in [0.717, 1.165) is 0 Å². The van der Waals surface area contributed by atoms with Crippen molar-refractivity contribution in [1.82, 2.24) is 0 Å². The number of fused-ring (bicyclic) bond motifs is 9. The van der Waals surface area contributed by atoms with Gasteiger partial charge in [-0.1, -0.05) is 128 Å². The molecule has 5 aromatic rings. The van der Waals surface area contributed by atoms with Gasteiger partial charge in [0.15, 0.2) is 0 Å². The molecule has 0 fully saturated rings. The SMILES string of the molecule is Cc1cccc2c1-c1ccccc1C21c2ccccc2C(C(C)c2ccccc2)c2ccccc21. The molecular formula is C35H28. The molecular weight excluding hydrogens is 420 g/mol. The maximum absolute atomic E-state index is 2.40. The Bertz CT molecular complexity index is 1530. The molecule has 0 amide bonds. The van der Waals surface area contributed by atoms with E-state index in [1.807, 2.05) is 0 Å². The van der Waals surface area contributed by atoms with Crippen LogP contribution in [0.2, 0.25) is 0 Å². The molecule has 35 heavy (non-hydrogen) atoms. The topological polar surface area (TPSA) is 0 Å². The smallest absolute Gasteiger partial charge is 0.0622 e. The molecule has 0 saturated heterocycles. The third kappa shape index (κ3) is 2.63. The van der Waals surface area contributed by atoms with E-state index < -0.39 is 0 Å². The van der Waals surface area contributed by atoms with Crippen LogP contribution < -0.4 is 0 Å². The van der Waals surface area contributed by atoms with Gasteiger partial charge in [-0.05, 0) is 68.5 Å². The molecule has 1 unspecified atom stereocenters. The number of aryl methyl sites for hydroxylation is 1. The Hall–Kier alpha value is -3.90. The summed E-state index contributed by atoms with van der Waals surface area (Å²) >= 11 is 0. The Morgan fingerprint density at radius 2 is 1.09 bits per heavy atom. The molecule has 0 heteroatoms. The van der Waals surface area contributed by atoms with E-state index in [2.05, 4.69) is 135 Å². The van der Waals surface area contributed by atoms with Gasteiger partial charge in [-0.25, -0.2) is 0 Å². The van der Waals surface area contributed by atoms with Gasteiger partial charge in [-0.2, -0.15) is 0 Å². The molecule has 5 aromatic carbocycles. The van der Waals surface area contributed by atoms with Crippen LogP contribution in [0.3, 0.4) is 0 Å². The van der Waals surface area contributed by atoms with E-state index in [9.17, 15) is 0 Å². The minimum atomic E-state index is -0.294. The highest BCUT2D eigenvalue weighted by molar-refractivity contribution is 5.89. The number of benzene rings is 5. The summed E-state index contributed by atoms with van der Waals surface area (Å²) in [6.07, 6.45) is 0. The molecule has 1 atom stereocenters. The van der Waals surface area contributed by atoms with E-state index in [4.69, 9.17) is 0 Å². The molecule has 2 aliphatic carbocycles. The third-order valence-electron chi connectivity index (χ3n) is 8.50. The van der Waals surface area contributed by atoms with Gasteiger partial charge in [0.1, 0.15) is 0 Å². The van der Waals surface area contributed by atoms with Crippen molar-refractivity contribution in [2.24, 2.45) is 0 Å². The fourth-order valence-electron chi connectivity index (χ4n) is 7.11. The summed E-state index contributed by atoms with van der Waals surface area (Å²) in [6.45, 7) is 4.65. The first-order valence-corrected chi connectivity index (χ1v) is 12.7. The van der Waals surface area contributed by atoms with Crippen molar-refractivity contribution in [1.29, 1.82) is 0 Å². The van der Waals surface area contributed by atoms with Crippen molar-refractivity contribution in [3.05, 3.63) is 166 Å². The zero-order valence-corrected chi connectivity index (χ0v) is 20.2. The largest absolute Gasteiger partial charge is 0.0719 e. The fraction of sp³-hybridized carbons (Fsp3) is 0.143. The predicted octanol–water partition coefficient (Wildman–Crippen LogP) is 8.61. The summed E-state index contributed by atoms with van der Waals surface area (Å²) in [7, 11) is 0. The van der Waals surface area contributed by atoms with Crippen molar-refractivity contribution in [2.75, 3.05) is 0 Å². The molecule has 0 N–H and O–H groups in total. The quantitative estimate of drug-likeness (QED) is 0.249. The van der Waals surface area contributed by atoms with Crippen LogP contribution in [0.25, 0.3) is 11.1 Å². The Balaban J connectivity index is 1.61. The van der Waals surface area contributed by atoms with Crippen molar-refractivity contribution in [3.8, 4) is 11.1 Å². The van der Waals surface area contributed by atoms with Gasteiger partial charge in [-0.3, -0.25) is 0 Å². The van der Waals surface area contributed by atoms with Crippen molar-refractivity contribution in [2.45, 2.75) is 31.1 Å². The Morgan fingerprint density at radius 3 is 1.77 bits per heavy atom. The lowest BCUT2D eigenvalue weighted by atomic mass is 9.57. The van der Waals surface area contributed by atoms with Crippen molar-refractivity contribution >= 4 is 0 Å². The molecule has 0 radical (unpaired) electrons. The van der Waals surface area contributed by atoms with Gasteiger partial charge in [0.25, 0.3) is 0 Å². The van der Waals surface area contributed by atoms with Crippen LogP contribution in [0.4, 0.5) is 0 Å². The van der Waals surface area contributed by atoms with Crippen LogP contribution in [0.5, 0.6) is 0 Å². The zero-order valence-electron chi connectivity index (χ0n) is 20.2. The molecule has 2 aliphatic rings. The first-order chi connectivity index (χ1) is 17.2. The van der Waals surface area contributed by atoms with Crippen molar-refractivity contribution < 1.29 is 0 Å². The van der Waals surface area contributed by atoms with Crippen LogP contribution in [-0.4, -0.2) is 0 Å². The molecule has 7 rings (SSSR count). The molecule has 0 nitrogen and oxygen atoms in total. The Morgan fingerprint density at radius 1 is 0.543 bits per heavy atom. The average molecular weight is 449 g/mol. The molecule has 0 bridgehead atoms. The number of rotatable bonds is 2. The normalized spacial score (nSPS) is 20.0. The molecule has 0 aliphatic heterocycles. The summed E-state index contributed by atoms with van der Waals surface area (Å²) in [5.74, 6) is 0.668. The first-order valence-electron chi connectivity index (χ1n) is 12.7. The maximum Gasteiger partial charge on any atom is 0.0719 e. The van der Waals surface area contributed by atoms with Gasteiger partial charge < -0.3 is 0 Å². The zero-order chi connectivity index (χ0) is 23.6. The summed E-state index contributed by atoms with van der Waals surface area (Å²) in [6, 6.07) is 45.4. The van der Waals surface area contributed by atoms with Gasteiger partial charge in [0, 0.05) is 5.92 Å². The summed E-state index contributed by atoms with van der Waals surface area (Å²) in [4.78, 5) is 0. The van der Waals surface area contributed by atoms with E-state index >= 15 is 0 Å². The van der Waals surface area contributed by atoms with E-state index in [1.54, 1.807) is 0 Å². The van der Waals surface area contributed by atoms with Gasteiger partial charge in [-0.15, -0.1) is 0 Å². The van der Waals surface area contributed by atoms with Crippen LogP contribution in [0.1, 0.15) is 63.3 Å². The Kier molecular flexibility index (Phi) is 4.42. The first kappa shape index (κ1) is 20.5. The summed E-state index contributed by atoms with van der Waals surface area (Å²) in [5.41, 5.74) is 13.8. The number of hydrogen-bond acceptors (Lipinski definition) is 0. The van der Waals surface area contributed by atoms with Gasteiger partial charge in [0.05, 0.1) is 5.41 Å². The highest BCUT2D eigenvalue weighted by Gasteiger charge is 2.52. The van der Waals surface area contributed by atoms with E-state index in [0.29, 0.717) is 11.8 Å². The fourth-order valence-corrected chi connectivity index (χ4v) is 7.11. The van der Waals surface area contributed by atoms with Crippen LogP contribution >= 0.6 is 0 Å². The lowest BCUT2D eigenvalue weighted by Crippen LogP contribution is -2.36. The molecule has 1 spiro atoms. The predicted molar refractivity (Wildman–Crippen MR) is 145 cm³/mol. The second-order valence-corrected chi connectivity index (χ2v) is 10.1.